The van der Waals surface area contributed by atoms with Crippen molar-refractivity contribution in [1.29, 1.82) is 0 Å². The van der Waals surface area contributed by atoms with Gasteiger partial charge in [0.2, 0.25) is 0 Å². The lowest BCUT2D eigenvalue weighted by Crippen LogP contribution is -2.41. The average Bonchev–Trinajstić information content (AvgIpc) is 3.02. The minimum Gasteiger partial charge on any atom is -0.355 e. The van der Waals surface area contributed by atoms with E-state index in [0.29, 0.717) is 38.1 Å². The fourth-order valence-corrected chi connectivity index (χ4v) is 6.12. The first-order valence-corrected chi connectivity index (χ1v) is 12.5. The summed E-state index contributed by atoms with van der Waals surface area (Å²) >= 11 is 6.76. The zero-order valence-electron chi connectivity index (χ0n) is 19.3. The summed E-state index contributed by atoms with van der Waals surface area (Å²) in [5, 5.41) is 0. The Balaban J connectivity index is 1.89. The fourth-order valence-electron chi connectivity index (χ4n) is 4.68. The predicted octanol–water partition coefficient (Wildman–Crippen LogP) is 4.48. The standard InChI is InChI=1S/C24H30N4O2S2/c1-6-17(5)28-23(30)19(32-24(28)31)11-18-21(26-12-14(2)10-15(3)13-26)25-20-16(4)8-7-9-27(20)22(18)29/h7-9,11,14-15,17H,6,10,12-13H2,1-5H3/b19-11-/t14-,15+,17-/m1/s1. The van der Waals surface area contributed by atoms with Crippen molar-refractivity contribution in [1.82, 2.24) is 14.3 Å². The molecule has 0 bridgehead atoms. The van der Waals surface area contributed by atoms with Gasteiger partial charge in [0, 0.05) is 25.3 Å². The van der Waals surface area contributed by atoms with E-state index in [-0.39, 0.29) is 17.5 Å². The molecule has 0 spiro atoms. The fraction of sp³-hybridized carbons (Fsp3) is 0.500. The van der Waals surface area contributed by atoms with Crippen LogP contribution in [0.25, 0.3) is 11.7 Å². The van der Waals surface area contributed by atoms with Crippen molar-refractivity contribution >= 4 is 51.7 Å². The second-order valence-electron chi connectivity index (χ2n) is 9.20. The van der Waals surface area contributed by atoms with Gasteiger partial charge in [0.05, 0.1) is 10.5 Å². The first-order chi connectivity index (χ1) is 15.2. The highest BCUT2D eigenvalue weighted by Crippen LogP contribution is 2.36. The van der Waals surface area contributed by atoms with Crippen LogP contribution in [0.3, 0.4) is 0 Å². The monoisotopic (exact) mass is 470 g/mol. The predicted molar refractivity (Wildman–Crippen MR) is 136 cm³/mol. The number of aryl methyl sites for hydroxylation is 1. The SMILES string of the molecule is CC[C@@H](C)N1C(=O)/C(=C/c2c(N3C[C@H](C)C[C@H](C)C3)nc3c(C)cccn3c2=O)SC1=S. The van der Waals surface area contributed by atoms with E-state index in [1.807, 2.05) is 32.9 Å². The van der Waals surface area contributed by atoms with Crippen LogP contribution >= 0.6 is 24.0 Å². The minimum absolute atomic E-state index is 0.0233. The summed E-state index contributed by atoms with van der Waals surface area (Å²) in [6.07, 6.45) is 5.43. The third kappa shape index (κ3) is 4.10. The highest BCUT2D eigenvalue weighted by molar-refractivity contribution is 8.26. The van der Waals surface area contributed by atoms with Gasteiger partial charge in [-0.3, -0.25) is 18.9 Å². The number of hydrogen-bond donors (Lipinski definition) is 0. The molecule has 3 atom stereocenters. The van der Waals surface area contributed by atoms with Crippen LogP contribution in [0.5, 0.6) is 0 Å². The van der Waals surface area contributed by atoms with Gasteiger partial charge in [0.25, 0.3) is 11.5 Å². The molecule has 4 heterocycles. The molecule has 1 amide bonds. The summed E-state index contributed by atoms with van der Waals surface area (Å²) in [5.74, 6) is 1.55. The highest BCUT2D eigenvalue weighted by Gasteiger charge is 2.35. The third-order valence-electron chi connectivity index (χ3n) is 6.36. The molecule has 2 aromatic heterocycles. The van der Waals surface area contributed by atoms with Crippen LogP contribution in [0.15, 0.2) is 28.0 Å². The van der Waals surface area contributed by atoms with Gasteiger partial charge in [-0.25, -0.2) is 4.98 Å². The number of nitrogens with zero attached hydrogens (tertiary/aromatic N) is 4. The molecule has 2 fully saturated rings. The zero-order chi connectivity index (χ0) is 23.2. The van der Waals surface area contributed by atoms with Crippen LogP contribution in [0, 0.1) is 18.8 Å². The molecular weight excluding hydrogens is 440 g/mol. The molecule has 6 nitrogen and oxygen atoms in total. The van der Waals surface area contributed by atoms with Gasteiger partial charge in [0.15, 0.2) is 0 Å². The van der Waals surface area contributed by atoms with Gasteiger partial charge >= 0.3 is 0 Å². The van der Waals surface area contributed by atoms with E-state index in [1.165, 1.54) is 11.8 Å². The van der Waals surface area contributed by atoms with Crippen molar-refractivity contribution < 1.29 is 4.79 Å². The molecule has 32 heavy (non-hydrogen) atoms. The largest absolute Gasteiger partial charge is 0.355 e. The van der Waals surface area contributed by atoms with Crippen molar-refractivity contribution in [2.24, 2.45) is 11.8 Å². The number of rotatable bonds is 4. The third-order valence-corrected chi connectivity index (χ3v) is 7.69. The Hall–Kier alpha value is -2.19. The van der Waals surface area contributed by atoms with Gasteiger partial charge in [-0.2, -0.15) is 0 Å². The average molecular weight is 471 g/mol. The first-order valence-electron chi connectivity index (χ1n) is 11.2. The van der Waals surface area contributed by atoms with Crippen molar-refractivity contribution in [2.75, 3.05) is 18.0 Å². The number of carbonyl (C=O) groups is 1. The number of piperidine rings is 1. The molecule has 0 aromatic carbocycles. The van der Waals surface area contributed by atoms with Gasteiger partial charge in [-0.1, -0.05) is 50.8 Å². The number of aromatic nitrogens is 2. The smallest absolute Gasteiger partial charge is 0.267 e. The lowest BCUT2D eigenvalue weighted by molar-refractivity contribution is -0.123. The lowest BCUT2D eigenvalue weighted by Gasteiger charge is -2.36. The Morgan fingerprint density at radius 3 is 2.62 bits per heavy atom. The van der Waals surface area contributed by atoms with Crippen molar-refractivity contribution in [3.63, 3.8) is 0 Å². The quantitative estimate of drug-likeness (QED) is 0.485. The van der Waals surface area contributed by atoms with E-state index >= 15 is 0 Å². The number of anilines is 1. The Kier molecular flexibility index (Phi) is 6.45. The zero-order valence-corrected chi connectivity index (χ0v) is 20.9. The number of pyridine rings is 1. The number of fused-ring (bicyclic) bond motifs is 1. The molecule has 2 aliphatic heterocycles. The van der Waals surface area contributed by atoms with Crippen molar-refractivity contribution in [3.05, 3.63) is 44.7 Å². The molecule has 4 rings (SSSR count). The molecule has 0 saturated carbocycles. The molecule has 170 valence electrons. The van der Waals surface area contributed by atoms with Crippen LogP contribution in [0.2, 0.25) is 0 Å². The van der Waals surface area contributed by atoms with Crippen LogP contribution < -0.4 is 10.5 Å². The number of thioether (sulfide) groups is 1. The number of amides is 1. The van der Waals surface area contributed by atoms with Crippen LogP contribution in [0.1, 0.15) is 51.7 Å². The Labute approximate surface area is 198 Å². The van der Waals surface area contributed by atoms with E-state index in [4.69, 9.17) is 17.2 Å². The number of carbonyl (C=O) groups excluding carboxylic acids is 1. The van der Waals surface area contributed by atoms with E-state index in [2.05, 4.69) is 18.7 Å². The molecule has 0 aliphatic carbocycles. The van der Waals surface area contributed by atoms with Gasteiger partial charge < -0.3 is 4.90 Å². The maximum atomic E-state index is 13.6. The Bertz CT molecular complexity index is 1160. The Morgan fingerprint density at radius 1 is 1.28 bits per heavy atom. The summed E-state index contributed by atoms with van der Waals surface area (Å²) in [4.78, 5) is 36.1. The lowest BCUT2D eigenvalue weighted by atomic mass is 9.91. The maximum Gasteiger partial charge on any atom is 0.267 e. The van der Waals surface area contributed by atoms with Crippen LogP contribution in [-0.4, -0.2) is 43.6 Å². The maximum absolute atomic E-state index is 13.6. The molecular formula is C24H30N4O2S2. The summed E-state index contributed by atoms with van der Waals surface area (Å²) in [6.45, 7) is 12.1. The number of hydrogen-bond acceptors (Lipinski definition) is 6. The molecule has 0 radical (unpaired) electrons. The Morgan fingerprint density at radius 2 is 1.97 bits per heavy atom. The summed E-state index contributed by atoms with van der Waals surface area (Å²) in [6, 6.07) is 3.84. The number of thiocarbonyl (C=S) groups is 1. The van der Waals surface area contributed by atoms with E-state index < -0.39 is 0 Å². The van der Waals surface area contributed by atoms with E-state index in [1.54, 1.807) is 21.6 Å². The first kappa shape index (κ1) is 23.0. The van der Waals surface area contributed by atoms with Gasteiger partial charge in [0.1, 0.15) is 15.8 Å². The normalized spacial score (nSPS) is 24.1. The van der Waals surface area contributed by atoms with Crippen LogP contribution in [0.4, 0.5) is 5.82 Å². The molecule has 0 N–H and O–H groups in total. The summed E-state index contributed by atoms with van der Waals surface area (Å²) < 4.78 is 2.12. The molecule has 8 heteroatoms. The molecule has 2 aromatic rings. The van der Waals surface area contributed by atoms with E-state index in [9.17, 15) is 9.59 Å². The van der Waals surface area contributed by atoms with Crippen molar-refractivity contribution in [3.8, 4) is 0 Å². The topological polar surface area (TPSA) is 57.9 Å². The molecule has 2 saturated heterocycles. The molecule has 2 aliphatic rings. The van der Waals surface area contributed by atoms with E-state index in [0.717, 1.165) is 31.5 Å². The second kappa shape index (κ2) is 8.98. The van der Waals surface area contributed by atoms with Crippen molar-refractivity contribution in [2.45, 2.75) is 53.5 Å². The van der Waals surface area contributed by atoms with Gasteiger partial charge in [-0.15, -0.1) is 0 Å². The highest BCUT2D eigenvalue weighted by atomic mass is 32.2. The second-order valence-corrected chi connectivity index (χ2v) is 10.9. The van der Waals surface area contributed by atoms with Gasteiger partial charge in [-0.05, 0) is 56.2 Å². The van der Waals surface area contributed by atoms with Crippen LogP contribution in [-0.2, 0) is 4.79 Å². The summed E-state index contributed by atoms with van der Waals surface area (Å²) in [5.41, 5.74) is 1.90. The summed E-state index contributed by atoms with van der Waals surface area (Å²) in [7, 11) is 0. The molecule has 0 unspecified atom stereocenters. The minimum atomic E-state index is -0.159.